The second kappa shape index (κ2) is 3.46. The van der Waals surface area contributed by atoms with E-state index in [2.05, 4.69) is 0 Å². The fourth-order valence-electron chi connectivity index (χ4n) is 1.37. The third-order valence-electron chi connectivity index (χ3n) is 2.17. The molecule has 2 N–H and O–H groups in total. The monoisotopic (exact) mass is 216 g/mol. The number of hydrogen-bond donors (Lipinski definition) is 2. The van der Waals surface area contributed by atoms with Crippen LogP contribution >= 0.6 is 11.6 Å². The van der Waals surface area contributed by atoms with Gasteiger partial charge in [0.05, 0.1) is 16.4 Å². The zero-order valence-corrected chi connectivity index (χ0v) is 8.15. The Balaban J connectivity index is 3.13. The van der Waals surface area contributed by atoms with Gasteiger partial charge < -0.3 is 10.2 Å². The molecule has 1 aliphatic rings. The summed E-state index contributed by atoms with van der Waals surface area (Å²) in [4.78, 5) is 20.1. The number of carbonyl (C=O) groups is 2. The van der Waals surface area contributed by atoms with Gasteiger partial charge in [-0.15, -0.1) is 11.6 Å². The summed E-state index contributed by atoms with van der Waals surface area (Å²) in [5.41, 5.74) is -0.103. The molecular weight excluding hydrogens is 208 g/mol. The molecule has 0 aromatic rings. The first-order valence-corrected chi connectivity index (χ1v) is 4.29. The average Bonchev–Trinajstić information content (AvgIpc) is 2.01. The normalized spacial score (nSPS) is 31.0. The molecule has 0 heterocycles. The van der Waals surface area contributed by atoms with Gasteiger partial charge in [0.15, 0.2) is 0 Å². The van der Waals surface area contributed by atoms with Gasteiger partial charge in [0, 0.05) is 0 Å². The highest BCUT2D eigenvalue weighted by atomic mass is 35.5. The number of hydrogen-bond acceptors (Lipinski definition) is 2. The molecule has 0 aromatic heterocycles. The highest BCUT2D eigenvalue weighted by Gasteiger charge is 2.43. The van der Waals surface area contributed by atoms with Crippen LogP contribution in [-0.4, -0.2) is 27.0 Å². The van der Waals surface area contributed by atoms with Gasteiger partial charge >= 0.3 is 11.9 Å². The van der Waals surface area contributed by atoms with Crippen LogP contribution in [0, 0.1) is 5.92 Å². The maximum atomic E-state index is 10.8. The lowest BCUT2D eigenvalue weighted by molar-refractivity contribution is -0.141. The largest absolute Gasteiger partial charge is 0.481 e. The van der Waals surface area contributed by atoms with Crippen molar-refractivity contribution in [2.24, 2.45) is 5.92 Å². The van der Waals surface area contributed by atoms with Crippen LogP contribution in [0.15, 0.2) is 23.8 Å². The van der Waals surface area contributed by atoms with Gasteiger partial charge in [-0.2, -0.15) is 0 Å². The second-order valence-corrected chi connectivity index (χ2v) is 3.95. The summed E-state index contributed by atoms with van der Waals surface area (Å²) in [5, 5.41) is 17.6. The van der Waals surface area contributed by atoms with Crippen molar-refractivity contribution in [1.29, 1.82) is 0 Å². The van der Waals surface area contributed by atoms with E-state index < -0.39 is 22.7 Å². The summed E-state index contributed by atoms with van der Waals surface area (Å²) in [6.07, 6.45) is 4.09. The van der Waals surface area contributed by atoms with Gasteiger partial charge in [-0.1, -0.05) is 18.2 Å². The molecule has 0 spiro atoms. The zero-order chi connectivity index (χ0) is 10.9. The molecule has 1 rings (SSSR count). The third kappa shape index (κ3) is 1.65. The number of rotatable bonds is 2. The summed E-state index contributed by atoms with van der Waals surface area (Å²) >= 11 is 5.91. The Kier molecular flexibility index (Phi) is 2.66. The number of alkyl halides is 1. The van der Waals surface area contributed by atoms with E-state index in [9.17, 15) is 9.59 Å². The Morgan fingerprint density at radius 1 is 1.50 bits per heavy atom. The SMILES string of the molecule is CC1(Cl)C(C(=O)O)=CC=CC1C(=O)O. The lowest BCUT2D eigenvalue weighted by Crippen LogP contribution is -2.39. The number of carboxylic acids is 2. The topological polar surface area (TPSA) is 74.6 Å². The number of halogens is 1. The van der Waals surface area contributed by atoms with Crippen molar-refractivity contribution in [2.45, 2.75) is 11.8 Å². The van der Waals surface area contributed by atoms with E-state index in [1.165, 1.54) is 25.2 Å². The first-order valence-electron chi connectivity index (χ1n) is 3.91. The number of allylic oxidation sites excluding steroid dienone is 2. The molecule has 0 aromatic carbocycles. The van der Waals surface area contributed by atoms with Gasteiger partial charge in [-0.05, 0) is 6.92 Å². The summed E-state index contributed by atoms with van der Waals surface area (Å²) < 4.78 is 0. The van der Waals surface area contributed by atoms with Gasteiger partial charge in [0.25, 0.3) is 0 Å². The third-order valence-corrected chi connectivity index (χ3v) is 2.61. The molecular formula is C9H9ClO4. The Morgan fingerprint density at radius 2 is 2.07 bits per heavy atom. The van der Waals surface area contributed by atoms with Crippen LogP contribution in [0.25, 0.3) is 0 Å². The molecule has 14 heavy (non-hydrogen) atoms. The molecule has 1 aliphatic carbocycles. The van der Waals surface area contributed by atoms with Gasteiger partial charge in [0.1, 0.15) is 0 Å². The summed E-state index contributed by atoms with van der Waals surface area (Å²) in [6, 6.07) is 0. The van der Waals surface area contributed by atoms with E-state index in [1.54, 1.807) is 0 Å². The smallest absolute Gasteiger partial charge is 0.333 e. The van der Waals surface area contributed by atoms with Crippen LogP contribution in [0.5, 0.6) is 0 Å². The Hall–Kier alpha value is -1.29. The summed E-state index contributed by atoms with van der Waals surface area (Å²) in [6.45, 7) is 1.39. The van der Waals surface area contributed by atoms with E-state index in [-0.39, 0.29) is 5.57 Å². The lowest BCUT2D eigenvalue weighted by Gasteiger charge is -2.29. The molecule has 2 atom stereocenters. The zero-order valence-electron chi connectivity index (χ0n) is 7.40. The minimum Gasteiger partial charge on any atom is -0.481 e. The number of aliphatic carboxylic acids is 2. The van der Waals surface area contributed by atoms with E-state index in [1.807, 2.05) is 0 Å². The average molecular weight is 217 g/mol. The van der Waals surface area contributed by atoms with Crippen molar-refractivity contribution in [1.82, 2.24) is 0 Å². The Labute approximate surface area is 85.5 Å². The first-order chi connectivity index (χ1) is 6.37. The minimum atomic E-state index is -1.40. The quantitative estimate of drug-likeness (QED) is 0.682. The van der Waals surface area contributed by atoms with Crippen molar-refractivity contribution in [3.05, 3.63) is 23.8 Å². The summed E-state index contributed by atoms with van der Waals surface area (Å²) in [7, 11) is 0. The lowest BCUT2D eigenvalue weighted by atomic mass is 9.82. The van der Waals surface area contributed by atoms with Crippen LogP contribution in [0.2, 0.25) is 0 Å². The van der Waals surface area contributed by atoms with Crippen molar-refractivity contribution in [3.8, 4) is 0 Å². The van der Waals surface area contributed by atoms with Crippen molar-refractivity contribution < 1.29 is 19.8 Å². The molecule has 76 valence electrons. The van der Waals surface area contributed by atoms with Crippen LogP contribution in [0.3, 0.4) is 0 Å². The van der Waals surface area contributed by atoms with E-state index >= 15 is 0 Å². The Bertz CT molecular complexity index is 341. The van der Waals surface area contributed by atoms with Crippen molar-refractivity contribution in [2.75, 3.05) is 0 Å². The molecule has 0 aliphatic heterocycles. The maximum absolute atomic E-state index is 10.8. The van der Waals surface area contributed by atoms with Crippen molar-refractivity contribution in [3.63, 3.8) is 0 Å². The fraction of sp³-hybridized carbons (Fsp3) is 0.333. The van der Waals surface area contributed by atoms with Crippen LogP contribution < -0.4 is 0 Å². The molecule has 0 amide bonds. The predicted molar refractivity (Wildman–Crippen MR) is 50.2 cm³/mol. The molecule has 0 saturated carbocycles. The first kappa shape index (κ1) is 10.8. The fourth-order valence-corrected chi connectivity index (χ4v) is 1.68. The molecule has 2 unspecified atom stereocenters. The van der Waals surface area contributed by atoms with Crippen LogP contribution in [0.1, 0.15) is 6.92 Å². The molecule has 0 saturated heterocycles. The molecule has 5 heteroatoms. The minimum absolute atomic E-state index is 0.103. The number of carboxylic acid groups (broad SMARTS) is 2. The van der Waals surface area contributed by atoms with E-state index in [0.717, 1.165) is 0 Å². The predicted octanol–water partition coefficient (Wildman–Crippen LogP) is 1.27. The van der Waals surface area contributed by atoms with Gasteiger partial charge in [-0.3, -0.25) is 4.79 Å². The van der Waals surface area contributed by atoms with Gasteiger partial charge in [0.2, 0.25) is 0 Å². The Morgan fingerprint density at radius 3 is 2.50 bits per heavy atom. The standard InChI is InChI=1S/C9H9ClO4/c1-9(10)5(7(11)12)3-2-4-6(9)8(13)14/h2-5H,1H3,(H,11,12)(H,13,14). The molecule has 0 fully saturated rings. The molecule has 0 bridgehead atoms. The highest BCUT2D eigenvalue weighted by molar-refractivity contribution is 6.30. The van der Waals surface area contributed by atoms with Crippen LogP contribution in [0.4, 0.5) is 0 Å². The highest BCUT2D eigenvalue weighted by Crippen LogP contribution is 2.37. The summed E-state index contributed by atoms with van der Waals surface area (Å²) in [5.74, 6) is -3.34. The maximum Gasteiger partial charge on any atom is 0.333 e. The molecule has 0 radical (unpaired) electrons. The van der Waals surface area contributed by atoms with Crippen LogP contribution in [-0.2, 0) is 9.59 Å². The second-order valence-electron chi connectivity index (χ2n) is 3.16. The molecule has 4 nitrogen and oxygen atoms in total. The van der Waals surface area contributed by atoms with Gasteiger partial charge in [-0.25, -0.2) is 4.79 Å². The van der Waals surface area contributed by atoms with E-state index in [0.29, 0.717) is 0 Å². The van der Waals surface area contributed by atoms with E-state index in [4.69, 9.17) is 21.8 Å². The van der Waals surface area contributed by atoms with Crippen molar-refractivity contribution >= 4 is 23.5 Å².